The molecule has 3 heteroatoms. The largest absolute Gasteiger partial charge is 0.359 e. The maximum absolute atomic E-state index is 5.81. The Labute approximate surface area is 96.3 Å². The van der Waals surface area contributed by atoms with E-state index in [0.717, 1.165) is 18.3 Å². The summed E-state index contributed by atoms with van der Waals surface area (Å²) in [6.45, 7) is 1.12. The number of hydrogen-bond acceptors (Lipinski definition) is 2. The molecule has 1 aromatic rings. The van der Waals surface area contributed by atoms with Gasteiger partial charge in [-0.15, -0.1) is 0 Å². The van der Waals surface area contributed by atoms with Gasteiger partial charge in [-0.3, -0.25) is 0 Å². The van der Waals surface area contributed by atoms with Crippen LogP contribution in [0, 0.1) is 5.92 Å². The van der Waals surface area contributed by atoms with E-state index in [-0.39, 0.29) is 0 Å². The zero-order valence-corrected chi connectivity index (χ0v) is 9.87. The normalized spacial score (nSPS) is 16.9. The number of pyridine rings is 1. The minimum absolute atomic E-state index is 0.702. The van der Waals surface area contributed by atoms with Crippen molar-refractivity contribution in [3.05, 3.63) is 23.4 Å². The summed E-state index contributed by atoms with van der Waals surface area (Å²) in [6, 6.07) is 3.88. The predicted molar refractivity (Wildman–Crippen MR) is 64.5 cm³/mol. The molecule has 1 saturated carbocycles. The van der Waals surface area contributed by atoms with E-state index in [0.29, 0.717) is 5.02 Å². The molecule has 0 amide bonds. The highest BCUT2D eigenvalue weighted by Gasteiger charge is 2.17. The van der Waals surface area contributed by atoms with E-state index in [1.54, 1.807) is 6.20 Å². The van der Waals surface area contributed by atoms with Crippen molar-refractivity contribution in [1.82, 2.24) is 4.98 Å². The summed E-state index contributed by atoms with van der Waals surface area (Å²) >= 11 is 5.81. The van der Waals surface area contributed by atoms with E-state index in [4.69, 9.17) is 11.6 Å². The van der Waals surface area contributed by atoms with Gasteiger partial charge in [0.25, 0.3) is 0 Å². The van der Waals surface area contributed by atoms with Crippen LogP contribution in [0.5, 0.6) is 0 Å². The maximum Gasteiger partial charge on any atom is 0.128 e. The second-order valence-electron chi connectivity index (χ2n) is 4.37. The molecular formula is C12H17ClN2. The van der Waals surface area contributed by atoms with Gasteiger partial charge in [0.1, 0.15) is 5.82 Å². The van der Waals surface area contributed by atoms with Crippen molar-refractivity contribution < 1.29 is 0 Å². The molecule has 15 heavy (non-hydrogen) atoms. The van der Waals surface area contributed by atoms with E-state index in [1.165, 1.54) is 25.7 Å². The molecule has 1 heterocycles. The quantitative estimate of drug-likeness (QED) is 0.783. The lowest BCUT2D eigenvalue weighted by molar-refractivity contribution is 0.545. The van der Waals surface area contributed by atoms with Crippen LogP contribution in [-0.4, -0.2) is 18.6 Å². The number of nitrogens with zero attached hydrogens (tertiary/aromatic N) is 2. The molecule has 1 aliphatic rings. The molecule has 0 aliphatic heterocycles. The Hall–Kier alpha value is -0.760. The highest BCUT2D eigenvalue weighted by Crippen LogP contribution is 2.26. The second-order valence-corrected chi connectivity index (χ2v) is 4.80. The van der Waals surface area contributed by atoms with Gasteiger partial charge in [-0.2, -0.15) is 0 Å². The van der Waals surface area contributed by atoms with Crippen molar-refractivity contribution in [3.63, 3.8) is 0 Å². The van der Waals surface area contributed by atoms with Crippen molar-refractivity contribution in [2.45, 2.75) is 25.7 Å². The average Bonchev–Trinajstić information content (AvgIpc) is 2.71. The highest BCUT2D eigenvalue weighted by molar-refractivity contribution is 6.30. The fraction of sp³-hybridized carbons (Fsp3) is 0.583. The molecule has 0 aromatic carbocycles. The molecule has 1 aliphatic carbocycles. The van der Waals surface area contributed by atoms with Crippen LogP contribution in [0.3, 0.4) is 0 Å². The van der Waals surface area contributed by atoms with Crippen LogP contribution in [0.4, 0.5) is 5.82 Å². The van der Waals surface area contributed by atoms with E-state index < -0.39 is 0 Å². The third-order valence-electron chi connectivity index (χ3n) is 3.11. The molecule has 0 N–H and O–H groups in total. The molecule has 0 spiro atoms. The standard InChI is InChI=1S/C12H17ClN2/c1-15(9-10-4-2-3-5-10)12-7-6-11(13)8-14-12/h6-8,10H,2-5,9H2,1H3. The minimum atomic E-state index is 0.702. The zero-order valence-electron chi connectivity index (χ0n) is 9.12. The van der Waals surface area contributed by atoms with Crippen LogP contribution >= 0.6 is 11.6 Å². The van der Waals surface area contributed by atoms with Crippen molar-refractivity contribution in [1.29, 1.82) is 0 Å². The molecule has 82 valence electrons. The van der Waals surface area contributed by atoms with Gasteiger partial charge in [0.15, 0.2) is 0 Å². The fourth-order valence-electron chi connectivity index (χ4n) is 2.27. The molecule has 2 nitrogen and oxygen atoms in total. The molecular weight excluding hydrogens is 208 g/mol. The number of hydrogen-bond donors (Lipinski definition) is 0. The van der Waals surface area contributed by atoms with Gasteiger partial charge in [-0.05, 0) is 30.9 Å². The molecule has 1 aromatic heterocycles. The van der Waals surface area contributed by atoms with E-state index in [9.17, 15) is 0 Å². The van der Waals surface area contributed by atoms with Gasteiger partial charge in [-0.1, -0.05) is 24.4 Å². The summed E-state index contributed by atoms with van der Waals surface area (Å²) in [5.41, 5.74) is 0. The van der Waals surface area contributed by atoms with E-state index in [2.05, 4.69) is 16.9 Å². The van der Waals surface area contributed by atoms with Gasteiger partial charge in [0.05, 0.1) is 5.02 Å². The Morgan fingerprint density at radius 1 is 1.40 bits per heavy atom. The number of anilines is 1. The van der Waals surface area contributed by atoms with Gasteiger partial charge in [-0.25, -0.2) is 4.98 Å². The lowest BCUT2D eigenvalue weighted by atomic mass is 10.1. The zero-order chi connectivity index (χ0) is 10.7. The highest BCUT2D eigenvalue weighted by atomic mass is 35.5. The fourth-order valence-corrected chi connectivity index (χ4v) is 2.38. The van der Waals surface area contributed by atoms with Crippen LogP contribution in [0.15, 0.2) is 18.3 Å². The SMILES string of the molecule is CN(CC1CCCC1)c1ccc(Cl)cn1. The van der Waals surface area contributed by atoms with Gasteiger partial charge < -0.3 is 4.90 Å². The first-order chi connectivity index (χ1) is 7.25. The second kappa shape index (κ2) is 4.84. The third kappa shape index (κ3) is 2.85. The monoisotopic (exact) mass is 224 g/mol. The Kier molecular flexibility index (Phi) is 3.47. The van der Waals surface area contributed by atoms with Gasteiger partial charge in [0, 0.05) is 19.8 Å². The lowest BCUT2D eigenvalue weighted by Crippen LogP contribution is -2.24. The first-order valence-corrected chi connectivity index (χ1v) is 5.96. The third-order valence-corrected chi connectivity index (χ3v) is 3.33. The molecule has 1 fully saturated rings. The topological polar surface area (TPSA) is 16.1 Å². The summed E-state index contributed by atoms with van der Waals surface area (Å²) < 4.78 is 0. The van der Waals surface area contributed by atoms with Crippen LogP contribution in [0.25, 0.3) is 0 Å². The Balaban J connectivity index is 1.94. The average molecular weight is 225 g/mol. The van der Waals surface area contributed by atoms with Crippen LogP contribution < -0.4 is 4.90 Å². The van der Waals surface area contributed by atoms with Crippen LogP contribution in [0.1, 0.15) is 25.7 Å². The Morgan fingerprint density at radius 3 is 2.73 bits per heavy atom. The van der Waals surface area contributed by atoms with Crippen molar-refractivity contribution in [2.24, 2.45) is 5.92 Å². The van der Waals surface area contributed by atoms with Crippen LogP contribution in [0.2, 0.25) is 5.02 Å². The summed E-state index contributed by atoms with van der Waals surface area (Å²) in [5.74, 6) is 1.87. The molecule has 0 bridgehead atoms. The van der Waals surface area contributed by atoms with Crippen LogP contribution in [-0.2, 0) is 0 Å². The van der Waals surface area contributed by atoms with Crippen molar-refractivity contribution in [2.75, 3.05) is 18.5 Å². The predicted octanol–water partition coefficient (Wildman–Crippen LogP) is 3.36. The summed E-state index contributed by atoms with van der Waals surface area (Å²) in [7, 11) is 2.11. The summed E-state index contributed by atoms with van der Waals surface area (Å²) in [6.07, 6.45) is 7.25. The lowest BCUT2D eigenvalue weighted by Gasteiger charge is -2.21. The van der Waals surface area contributed by atoms with Gasteiger partial charge >= 0.3 is 0 Å². The molecule has 0 saturated heterocycles. The maximum atomic E-state index is 5.81. The number of aromatic nitrogens is 1. The van der Waals surface area contributed by atoms with E-state index >= 15 is 0 Å². The summed E-state index contributed by atoms with van der Waals surface area (Å²) in [5, 5.41) is 0.702. The summed E-state index contributed by atoms with van der Waals surface area (Å²) in [4.78, 5) is 6.54. The van der Waals surface area contributed by atoms with Gasteiger partial charge in [0.2, 0.25) is 0 Å². The minimum Gasteiger partial charge on any atom is -0.359 e. The van der Waals surface area contributed by atoms with Crippen molar-refractivity contribution >= 4 is 17.4 Å². The smallest absolute Gasteiger partial charge is 0.128 e. The first kappa shape index (κ1) is 10.7. The molecule has 0 unspecified atom stereocenters. The Morgan fingerprint density at radius 2 is 2.13 bits per heavy atom. The number of halogens is 1. The molecule has 0 radical (unpaired) electrons. The molecule has 2 rings (SSSR count). The van der Waals surface area contributed by atoms with Crippen molar-refractivity contribution in [3.8, 4) is 0 Å². The first-order valence-electron chi connectivity index (χ1n) is 5.58. The number of rotatable bonds is 3. The molecule has 0 atom stereocenters. The Bertz CT molecular complexity index is 304. The van der Waals surface area contributed by atoms with E-state index in [1.807, 2.05) is 12.1 Å².